The lowest BCUT2D eigenvalue weighted by molar-refractivity contribution is 0.315. The molecule has 0 saturated carbocycles. The molecule has 0 aliphatic heterocycles. The summed E-state index contributed by atoms with van der Waals surface area (Å²) in [7, 11) is -1.71. The van der Waals surface area contributed by atoms with Gasteiger partial charge in [0.05, 0.1) is 6.61 Å². The van der Waals surface area contributed by atoms with Crippen molar-refractivity contribution in [3.8, 4) is 0 Å². The van der Waals surface area contributed by atoms with Crippen LogP contribution in [0.5, 0.6) is 0 Å². The molecule has 0 aromatic rings. The number of hydrogen-bond donors (Lipinski definition) is 0. The largest absolute Gasteiger partial charge is 0.412 e. The second-order valence-electron chi connectivity index (χ2n) is 6.31. The number of allylic oxidation sites excluding steroid dienone is 2. The van der Waals surface area contributed by atoms with E-state index in [2.05, 4.69) is 88.1 Å². The Morgan fingerprint density at radius 3 is 1.68 bits per heavy atom. The van der Waals surface area contributed by atoms with Crippen LogP contribution in [0.4, 0.5) is 0 Å². The minimum absolute atomic E-state index is 0.655. The molecule has 3 heteroatoms. The zero-order chi connectivity index (χ0) is 15.2. The standard InChI is InChI=1S/C16H31IOSi/c1-12(2)19(13(3)4,14(5)6)18-10-9-15(7)16(8)11-17/h9,11-14H,10H2,1-8H3/b15-9+,16-11+. The van der Waals surface area contributed by atoms with Crippen molar-refractivity contribution in [1.82, 2.24) is 0 Å². The van der Waals surface area contributed by atoms with Crippen molar-refractivity contribution in [3.05, 3.63) is 21.3 Å². The van der Waals surface area contributed by atoms with Gasteiger partial charge in [-0.15, -0.1) is 0 Å². The van der Waals surface area contributed by atoms with E-state index in [-0.39, 0.29) is 0 Å². The van der Waals surface area contributed by atoms with Gasteiger partial charge in [0.1, 0.15) is 0 Å². The van der Waals surface area contributed by atoms with E-state index < -0.39 is 8.32 Å². The van der Waals surface area contributed by atoms with Gasteiger partial charge in [0.2, 0.25) is 8.32 Å². The Labute approximate surface area is 135 Å². The summed E-state index contributed by atoms with van der Waals surface area (Å²) in [4.78, 5) is 0. The van der Waals surface area contributed by atoms with E-state index in [1.165, 1.54) is 11.1 Å². The summed E-state index contributed by atoms with van der Waals surface area (Å²) >= 11 is 2.29. The normalized spacial score (nSPS) is 14.9. The lowest BCUT2D eigenvalue weighted by atomic mass is 10.1. The Morgan fingerprint density at radius 1 is 0.947 bits per heavy atom. The van der Waals surface area contributed by atoms with E-state index in [1.54, 1.807) is 0 Å². The van der Waals surface area contributed by atoms with Crippen molar-refractivity contribution in [2.24, 2.45) is 0 Å². The minimum atomic E-state index is -1.71. The van der Waals surface area contributed by atoms with E-state index in [0.717, 1.165) is 6.61 Å². The molecule has 1 nitrogen and oxygen atoms in total. The minimum Gasteiger partial charge on any atom is -0.412 e. The van der Waals surface area contributed by atoms with Gasteiger partial charge in [0, 0.05) is 0 Å². The molecule has 0 bridgehead atoms. The Morgan fingerprint density at radius 2 is 1.37 bits per heavy atom. The first-order valence-electron chi connectivity index (χ1n) is 7.28. The van der Waals surface area contributed by atoms with E-state index in [1.807, 2.05) is 0 Å². The first-order chi connectivity index (χ1) is 8.70. The van der Waals surface area contributed by atoms with Crippen LogP contribution in [0.15, 0.2) is 21.3 Å². The third-order valence-electron chi connectivity index (χ3n) is 4.22. The lowest BCUT2D eigenvalue weighted by Gasteiger charge is -2.42. The van der Waals surface area contributed by atoms with Crippen molar-refractivity contribution in [1.29, 1.82) is 0 Å². The first kappa shape index (κ1) is 19.4. The van der Waals surface area contributed by atoms with Crippen LogP contribution in [0.25, 0.3) is 0 Å². The van der Waals surface area contributed by atoms with Crippen LogP contribution in [-0.4, -0.2) is 14.9 Å². The summed E-state index contributed by atoms with van der Waals surface area (Å²) in [5, 5.41) is 0. The summed E-state index contributed by atoms with van der Waals surface area (Å²) in [5.74, 6) is 0. The van der Waals surface area contributed by atoms with E-state index in [9.17, 15) is 0 Å². The maximum Gasteiger partial charge on any atom is 0.200 e. The van der Waals surface area contributed by atoms with Gasteiger partial charge >= 0.3 is 0 Å². The third kappa shape index (κ3) is 5.01. The van der Waals surface area contributed by atoms with Gasteiger partial charge in [-0.25, -0.2) is 0 Å². The van der Waals surface area contributed by atoms with Crippen molar-refractivity contribution >= 4 is 30.9 Å². The number of hydrogen-bond acceptors (Lipinski definition) is 1. The van der Waals surface area contributed by atoms with Gasteiger partial charge in [-0.1, -0.05) is 70.2 Å². The molecule has 0 spiro atoms. The van der Waals surface area contributed by atoms with Crippen LogP contribution in [0, 0.1) is 0 Å². The van der Waals surface area contributed by atoms with Gasteiger partial charge in [0.15, 0.2) is 0 Å². The van der Waals surface area contributed by atoms with Gasteiger partial charge in [-0.05, 0) is 45.7 Å². The summed E-state index contributed by atoms with van der Waals surface area (Å²) in [6.45, 7) is 19.1. The fraction of sp³-hybridized carbons (Fsp3) is 0.750. The van der Waals surface area contributed by atoms with E-state index in [4.69, 9.17) is 4.43 Å². The van der Waals surface area contributed by atoms with Crippen LogP contribution < -0.4 is 0 Å². The summed E-state index contributed by atoms with van der Waals surface area (Å²) in [6, 6.07) is 0. The molecular formula is C16H31IOSi. The molecule has 0 unspecified atom stereocenters. The van der Waals surface area contributed by atoms with Gasteiger partial charge in [-0.3, -0.25) is 0 Å². The van der Waals surface area contributed by atoms with Crippen molar-refractivity contribution in [2.75, 3.05) is 6.61 Å². The molecule has 0 rings (SSSR count). The second-order valence-corrected chi connectivity index (χ2v) is 12.4. The van der Waals surface area contributed by atoms with Crippen LogP contribution in [0.2, 0.25) is 16.6 Å². The molecule has 0 fully saturated rings. The average Bonchev–Trinajstić information content (AvgIpc) is 2.31. The molecule has 0 atom stereocenters. The molecule has 19 heavy (non-hydrogen) atoms. The molecule has 112 valence electrons. The van der Waals surface area contributed by atoms with E-state index in [0.29, 0.717) is 16.6 Å². The highest BCUT2D eigenvalue weighted by atomic mass is 127. The van der Waals surface area contributed by atoms with Crippen molar-refractivity contribution in [2.45, 2.75) is 72.0 Å². The Bertz CT molecular complexity index is 308. The Kier molecular flexibility index (Phi) is 8.80. The second kappa shape index (κ2) is 8.62. The molecule has 0 amide bonds. The molecule has 0 radical (unpaired) electrons. The number of rotatable bonds is 7. The first-order valence-corrected chi connectivity index (χ1v) is 10.7. The quantitative estimate of drug-likeness (QED) is 0.273. The monoisotopic (exact) mass is 394 g/mol. The highest BCUT2D eigenvalue weighted by Gasteiger charge is 2.44. The zero-order valence-corrected chi connectivity index (χ0v) is 17.0. The molecule has 0 aromatic carbocycles. The predicted octanol–water partition coefficient (Wildman–Crippen LogP) is 6.46. The van der Waals surface area contributed by atoms with E-state index >= 15 is 0 Å². The van der Waals surface area contributed by atoms with Crippen molar-refractivity contribution in [3.63, 3.8) is 0 Å². The summed E-state index contributed by atoms with van der Waals surface area (Å²) < 4.78 is 8.64. The topological polar surface area (TPSA) is 9.23 Å². The lowest BCUT2D eigenvalue weighted by Crippen LogP contribution is -2.47. The molecule has 0 saturated heterocycles. The van der Waals surface area contributed by atoms with Crippen LogP contribution in [0.1, 0.15) is 55.4 Å². The van der Waals surface area contributed by atoms with Gasteiger partial charge in [0.25, 0.3) is 0 Å². The maximum absolute atomic E-state index is 6.51. The summed E-state index contributed by atoms with van der Waals surface area (Å²) in [6.07, 6.45) is 2.24. The third-order valence-corrected chi connectivity index (χ3v) is 11.2. The average molecular weight is 394 g/mol. The SMILES string of the molecule is CC(=C\I)/C(C)=C/CO[Si](C(C)C)(C(C)C)C(C)C. The highest BCUT2D eigenvalue weighted by molar-refractivity contribution is 14.1. The molecule has 0 N–H and O–H groups in total. The van der Waals surface area contributed by atoms with Crippen LogP contribution in [-0.2, 0) is 4.43 Å². The van der Waals surface area contributed by atoms with Crippen molar-refractivity contribution < 1.29 is 4.43 Å². The fourth-order valence-electron chi connectivity index (χ4n) is 3.06. The molecule has 0 heterocycles. The molecule has 0 aromatic heterocycles. The molecule has 0 aliphatic rings. The number of halogens is 1. The molecule has 0 aliphatic carbocycles. The smallest absolute Gasteiger partial charge is 0.200 e. The summed E-state index contributed by atoms with van der Waals surface area (Å²) in [5.41, 5.74) is 4.62. The highest BCUT2D eigenvalue weighted by Crippen LogP contribution is 2.42. The molecular weight excluding hydrogens is 363 g/mol. The predicted molar refractivity (Wildman–Crippen MR) is 98.5 cm³/mol. The van der Waals surface area contributed by atoms with Gasteiger partial charge in [-0.2, -0.15) is 0 Å². The van der Waals surface area contributed by atoms with Crippen LogP contribution >= 0.6 is 22.6 Å². The fourth-order valence-corrected chi connectivity index (χ4v) is 8.92. The van der Waals surface area contributed by atoms with Gasteiger partial charge < -0.3 is 4.43 Å². The zero-order valence-electron chi connectivity index (χ0n) is 13.9. The van der Waals surface area contributed by atoms with Crippen LogP contribution in [0.3, 0.4) is 0 Å². The Hall–Kier alpha value is 0.387. The Balaban J connectivity index is 4.98. The maximum atomic E-state index is 6.51.